The summed E-state index contributed by atoms with van der Waals surface area (Å²) in [4.78, 5) is 0. The Bertz CT molecular complexity index is 451. The topological polar surface area (TPSA) is 46.2 Å². The molecular formula is C9H12BrNO2S3. The minimum Gasteiger partial charge on any atom is -0.210 e. The van der Waals surface area contributed by atoms with Crippen LogP contribution < -0.4 is 4.72 Å². The highest BCUT2D eigenvalue weighted by atomic mass is 79.9. The first-order valence-electron chi connectivity index (χ1n) is 4.90. The van der Waals surface area contributed by atoms with Crippen LogP contribution in [0.4, 0.5) is 0 Å². The Morgan fingerprint density at radius 2 is 2.38 bits per heavy atom. The van der Waals surface area contributed by atoms with E-state index in [1.807, 2.05) is 11.8 Å². The number of hydrogen-bond donors (Lipinski definition) is 1. The molecule has 16 heavy (non-hydrogen) atoms. The summed E-state index contributed by atoms with van der Waals surface area (Å²) < 4.78 is 27.6. The molecule has 2 rings (SSSR count). The Labute approximate surface area is 112 Å². The zero-order chi connectivity index (χ0) is 11.6. The molecule has 7 heteroatoms. The second kappa shape index (κ2) is 5.39. The third-order valence-corrected chi connectivity index (χ3v) is 7.74. The molecule has 0 saturated carbocycles. The number of thioether (sulfide) groups is 1. The minimum absolute atomic E-state index is 0.373. The van der Waals surface area contributed by atoms with Crippen molar-refractivity contribution in [3.05, 3.63) is 15.9 Å². The van der Waals surface area contributed by atoms with Gasteiger partial charge in [-0.15, -0.1) is 11.3 Å². The largest absolute Gasteiger partial charge is 0.251 e. The quantitative estimate of drug-likeness (QED) is 0.915. The summed E-state index contributed by atoms with van der Waals surface area (Å²) in [7, 11) is -3.32. The zero-order valence-electron chi connectivity index (χ0n) is 8.48. The van der Waals surface area contributed by atoms with Gasteiger partial charge in [0.2, 0.25) is 0 Å². The van der Waals surface area contributed by atoms with Crippen LogP contribution in [0.5, 0.6) is 0 Å². The van der Waals surface area contributed by atoms with E-state index in [-0.39, 0.29) is 0 Å². The normalized spacial score (nSPS) is 21.4. The molecule has 1 aliphatic heterocycles. The van der Waals surface area contributed by atoms with Gasteiger partial charge in [0.1, 0.15) is 4.21 Å². The van der Waals surface area contributed by atoms with Crippen LogP contribution in [0.1, 0.15) is 6.42 Å². The van der Waals surface area contributed by atoms with E-state index in [2.05, 4.69) is 20.7 Å². The van der Waals surface area contributed by atoms with Crippen molar-refractivity contribution in [2.75, 3.05) is 18.1 Å². The maximum Gasteiger partial charge on any atom is 0.251 e. The lowest BCUT2D eigenvalue weighted by molar-refractivity contribution is 0.547. The van der Waals surface area contributed by atoms with Gasteiger partial charge in [-0.1, -0.05) is 0 Å². The Kier molecular flexibility index (Phi) is 4.34. The fourth-order valence-corrected chi connectivity index (χ4v) is 6.29. The van der Waals surface area contributed by atoms with Gasteiger partial charge in [0, 0.05) is 11.0 Å². The van der Waals surface area contributed by atoms with Crippen LogP contribution in [0.3, 0.4) is 0 Å². The van der Waals surface area contributed by atoms with Crippen LogP contribution >= 0.6 is 39.0 Å². The summed E-state index contributed by atoms with van der Waals surface area (Å²) in [6.07, 6.45) is 1.11. The van der Waals surface area contributed by atoms with Crippen LogP contribution in [0, 0.1) is 5.92 Å². The first kappa shape index (κ1) is 12.9. The van der Waals surface area contributed by atoms with E-state index in [4.69, 9.17) is 0 Å². The van der Waals surface area contributed by atoms with Crippen LogP contribution in [0.15, 0.2) is 20.1 Å². The number of hydrogen-bond acceptors (Lipinski definition) is 4. The second-order valence-electron chi connectivity index (χ2n) is 3.64. The van der Waals surface area contributed by atoms with Crippen LogP contribution in [0.2, 0.25) is 0 Å². The van der Waals surface area contributed by atoms with Crippen LogP contribution in [-0.2, 0) is 10.0 Å². The highest BCUT2D eigenvalue weighted by Crippen LogP contribution is 2.28. The summed E-state index contributed by atoms with van der Waals surface area (Å²) in [5, 5.41) is 1.77. The van der Waals surface area contributed by atoms with Crippen molar-refractivity contribution in [2.24, 2.45) is 5.92 Å². The maximum atomic E-state index is 11.9. The molecule has 2 heterocycles. The molecule has 90 valence electrons. The summed E-state index contributed by atoms with van der Waals surface area (Å²) >= 11 is 6.37. The third-order valence-electron chi connectivity index (χ3n) is 2.41. The van der Waals surface area contributed by atoms with Gasteiger partial charge in [0.15, 0.2) is 0 Å². The molecule has 0 spiro atoms. The molecule has 1 aliphatic rings. The first-order chi connectivity index (χ1) is 7.59. The molecule has 1 aromatic rings. The molecule has 0 amide bonds. The first-order valence-corrected chi connectivity index (χ1v) is 9.21. The maximum absolute atomic E-state index is 11.9. The van der Waals surface area contributed by atoms with E-state index in [0.717, 1.165) is 17.9 Å². The van der Waals surface area contributed by atoms with Crippen molar-refractivity contribution in [1.82, 2.24) is 4.72 Å². The number of nitrogens with one attached hydrogen (secondary N) is 1. The molecule has 0 radical (unpaired) electrons. The number of sulfonamides is 1. The van der Waals surface area contributed by atoms with E-state index in [0.29, 0.717) is 21.1 Å². The molecule has 3 nitrogen and oxygen atoms in total. The number of thiophene rings is 1. The van der Waals surface area contributed by atoms with Crippen molar-refractivity contribution >= 4 is 49.1 Å². The standard InChI is InChI=1S/C9H12BrNO2S3/c10-8-2-4-15-9(8)16(12,13)11-5-7-1-3-14-6-7/h2,4,7,11H,1,3,5-6H2. The molecular weight excluding hydrogens is 330 g/mol. The number of rotatable bonds is 4. The second-order valence-corrected chi connectivity index (χ2v) is 8.52. The summed E-state index contributed by atoms with van der Waals surface area (Å²) in [5.74, 6) is 2.70. The van der Waals surface area contributed by atoms with Gasteiger partial charge in [-0.2, -0.15) is 11.8 Å². The molecule has 0 aliphatic carbocycles. The van der Waals surface area contributed by atoms with Gasteiger partial charge in [-0.05, 0) is 51.2 Å². The molecule has 1 unspecified atom stereocenters. The average Bonchev–Trinajstić information content (AvgIpc) is 2.85. The molecule has 0 aromatic carbocycles. The Morgan fingerprint density at radius 1 is 1.56 bits per heavy atom. The minimum atomic E-state index is -3.32. The van der Waals surface area contributed by atoms with E-state index in [1.54, 1.807) is 11.4 Å². The Balaban J connectivity index is 2.00. The van der Waals surface area contributed by atoms with Crippen molar-refractivity contribution in [3.63, 3.8) is 0 Å². The van der Waals surface area contributed by atoms with E-state index >= 15 is 0 Å². The van der Waals surface area contributed by atoms with Crippen LogP contribution in [0.25, 0.3) is 0 Å². The molecule has 1 aromatic heterocycles. The number of halogens is 1. The van der Waals surface area contributed by atoms with E-state index in [9.17, 15) is 8.42 Å². The smallest absolute Gasteiger partial charge is 0.210 e. The Morgan fingerprint density at radius 3 is 2.94 bits per heavy atom. The third kappa shape index (κ3) is 3.01. The van der Waals surface area contributed by atoms with Crippen molar-refractivity contribution in [1.29, 1.82) is 0 Å². The fraction of sp³-hybridized carbons (Fsp3) is 0.556. The zero-order valence-corrected chi connectivity index (χ0v) is 12.5. The van der Waals surface area contributed by atoms with E-state index in [1.165, 1.54) is 11.3 Å². The molecule has 1 N–H and O–H groups in total. The molecule has 1 fully saturated rings. The van der Waals surface area contributed by atoms with E-state index < -0.39 is 10.0 Å². The predicted molar refractivity (Wildman–Crippen MR) is 72.6 cm³/mol. The summed E-state index contributed by atoms with van der Waals surface area (Å²) in [6, 6.07) is 1.75. The lowest BCUT2D eigenvalue weighted by Gasteiger charge is -2.09. The monoisotopic (exact) mass is 341 g/mol. The molecule has 1 saturated heterocycles. The van der Waals surface area contributed by atoms with Gasteiger partial charge < -0.3 is 0 Å². The highest BCUT2D eigenvalue weighted by Gasteiger charge is 2.22. The van der Waals surface area contributed by atoms with Gasteiger partial charge in [0.05, 0.1) is 0 Å². The molecule has 1 atom stereocenters. The summed E-state index contributed by atoms with van der Waals surface area (Å²) in [6.45, 7) is 0.555. The van der Waals surface area contributed by atoms with Gasteiger partial charge >= 0.3 is 0 Å². The van der Waals surface area contributed by atoms with Crippen molar-refractivity contribution in [3.8, 4) is 0 Å². The molecule has 0 bridgehead atoms. The van der Waals surface area contributed by atoms with Gasteiger partial charge in [-0.3, -0.25) is 0 Å². The van der Waals surface area contributed by atoms with Gasteiger partial charge in [0.25, 0.3) is 10.0 Å². The SMILES string of the molecule is O=S(=O)(NCC1CCSC1)c1sccc1Br. The Hall–Kier alpha value is 0.440. The van der Waals surface area contributed by atoms with Gasteiger partial charge in [-0.25, -0.2) is 13.1 Å². The lowest BCUT2D eigenvalue weighted by atomic mass is 10.1. The predicted octanol–water partition coefficient (Wildman–Crippen LogP) is 2.54. The van der Waals surface area contributed by atoms with Crippen molar-refractivity contribution < 1.29 is 8.42 Å². The lowest BCUT2D eigenvalue weighted by Crippen LogP contribution is -2.29. The average molecular weight is 342 g/mol. The highest BCUT2D eigenvalue weighted by molar-refractivity contribution is 9.10. The van der Waals surface area contributed by atoms with Crippen LogP contribution in [-0.4, -0.2) is 26.5 Å². The fourth-order valence-electron chi connectivity index (χ4n) is 1.51. The summed E-state index contributed by atoms with van der Waals surface area (Å²) in [5.41, 5.74) is 0. The van der Waals surface area contributed by atoms with Crippen molar-refractivity contribution in [2.45, 2.75) is 10.6 Å².